The van der Waals surface area contributed by atoms with Gasteiger partial charge in [0.25, 0.3) is 0 Å². The van der Waals surface area contributed by atoms with E-state index >= 15 is 0 Å². The fourth-order valence-corrected chi connectivity index (χ4v) is 2.54. The monoisotopic (exact) mass is 324 g/mol. The molecule has 0 spiro atoms. The van der Waals surface area contributed by atoms with Crippen LogP contribution in [-0.2, 0) is 16.1 Å². The number of ether oxygens (including phenoxy) is 1. The van der Waals surface area contributed by atoms with Crippen molar-refractivity contribution in [2.45, 2.75) is 20.4 Å². The summed E-state index contributed by atoms with van der Waals surface area (Å²) in [6.45, 7) is 5.02. The lowest BCUT2D eigenvalue weighted by Gasteiger charge is -2.09. The molecule has 3 rings (SSSR count). The van der Waals surface area contributed by atoms with Crippen LogP contribution in [0.3, 0.4) is 0 Å². The van der Waals surface area contributed by atoms with Crippen LogP contribution in [-0.4, -0.2) is 32.8 Å². The molecular weight excluding hydrogens is 304 g/mol. The maximum Gasteiger partial charge on any atom is 0.340 e. The lowest BCUT2D eigenvalue weighted by atomic mass is 10.1. The Bertz CT molecular complexity index is 889. The van der Waals surface area contributed by atoms with Crippen LogP contribution in [0.25, 0.3) is 22.7 Å². The van der Waals surface area contributed by atoms with Crippen LogP contribution in [0.2, 0.25) is 0 Å². The highest BCUT2D eigenvalue weighted by molar-refractivity contribution is 6.21. The van der Waals surface area contributed by atoms with Crippen LogP contribution in [0, 0.1) is 5.92 Å². The molecule has 0 aliphatic carbocycles. The number of aromatic nitrogens is 4. The number of carbonyl (C=O) groups is 1. The van der Waals surface area contributed by atoms with Crippen LogP contribution in [0.4, 0.5) is 0 Å². The number of esters is 1. The maximum absolute atomic E-state index is 12.3. The highest BCUT2D eigenvalue weighted by atomic mass is 16.5. The van der Waals surface area contributed by atoms with Gasteiger partial charge in [-0.25, -0.2) is 9.78 Å². The highest BCUT2D eigenvalue weighted by Gasteiger charge is 2.16. The molecule has 0 saturated carbocycles. The molecule has 0 aliphatic heterocycles. The van der Waals surface area contributed by atoms with Crippen molar-refractivity contribution in [3.05, 3.63) is 48.0 Å². The summed E-state index contributed by atoms with van der Waals surface area (Å²) in [5, 5.41) is 5.32. The summed E-state index contributed by atoms with van der Waals surface area (Å²) in [5.74, 6) is 0.0257. The van der Waals surface area contributed by atoms with Crippen LogP contribution >= 0.6 is 0 Å². The van der Waals surface area contributed by atoms with Gasteiger partial charge < -0.3 is 9.72 Å². The largest absolute Gasteiger partial charge is 0.465 e. The Kier molecular flexibility index (Phi) is 4.46. The first-order chi connectivity index (χ1) is 11.6. The molecule has 0 atom stereocenters. The van der Waals surface area contributed by atoms with E-state index in [-0.39, 0.29) is 0 Å². The second-order valence-electron chi connectivity index (χ2n) is 5.99. The van der Waals surface area contributed by atoms with Gasteiger partial charge in [-0.3, -0.25) is 4.68 Å². The molecule has 6 heteroatoms. The number of aromatic amines is 1. The fourth-order valence-electron chi connectivity index (χ4n) is 2.54. The number of methoxy groups -OCH3 is 1. The molecule has 0 radical (unpaired) electrons. The van der Waals surface area contributed by atoms with E-state index in [1.54, 1.807) is 12.3 Å². The summed E-state index contributed by atoms with van der Waals surface area (Å²) in [7, 11) is 1.37. The average Bonchev–Trinajstić information content (AvgIpc) is 3.19. The van der Waals surface area contributed by atoms with E-state index in [1.165, 1.54) is 7.11 Å². The molecule has 0 aliphatic rings. The standard InChI is InChI=1S/C18H20N4O2/c1-12(2)11-22-14(7-9-20-22)10-15(18(23)24-3)16-5-4-13-6-8-19-17(13)21-16/h4-10,12H,11H2,1-3H3,(H,19,21). The summed E-state index contributed by atoms with van der Waals surface area (Å²) in [6.07, 6.45) is 5.32. The van der Waals surface area contributed by atoms with E-state index < -0.39 is 5.97 Å². The number of hydrogen-bond acceptors (Lipinski definition) is 4. The SMILES string of the molecule is COC(=O)C(=Cc1ccnn1CC(C)C)c1ccc2cc[nH]c2n1. The van der Waals surface area contributed by atoms with Crippen LogP contribution in [0.5, 0.6) is 0 Å². The van der Waals surface area contributed by atoms with Gasteiger partial charge in [-0.1, -0.05) is 13.8 Å². The second kappa shape index (κ2) is 6.70. The Morgan fingerprint density at radius 1 is 1.33 bits per heavy atom. The summed E-state index contributed by atoms with van der Waals surface area (Å²) in [5.41, 5.74) is 2.55. The smallest absolute Gasteiger partial charge is 0.340 e. The molecule has 0 bridgehead atoms. The molecule has 1 N–H and O–H groups in total. The van der Waals surface area contributed by atoms with Crippen molar-refractivity contribution in [2.75, 3.05) is 7.11 Å². The van der Waals surface area contributed by atoms with Crippen molar-refractivity contribution in [3.63, 3.8) is 0 Å². The second-order valence-corrected chi connectivity index (χ2v) is 5.99. The van der Waals surface area contributed by atoms with Gasteiger partial charge in [-0.05, 0) is 36.3 Å². The third kappa shape index (κ3) is 3.22. The van der Waals surface area contributed by atoms with Crippen molar-refractivity contribution in [2.24, 2.45) is 5.92 Å². The van der Waals surface area contributed by atoms with Gasteiger partial charge in [0.05, 0.1) is 24.1 Å². The average molecular weight is 324 g/mol. The predicted octanol–water partition coefficient (Wildman–Crippen LogP) is 3.13. The predicted molar refractivity (Wildman–Crippen MR) is 93.0 cm³/mol. The number of fused-ring (bicyclic) bond motifs is 1. The molecule has 124 valence electrons. The van der Waals surface area contributed by atoms with E-state index in [1.807, 2.05) is 35.1 Å². The molecule has 0 fully saturated rings. The Balaban J connectivity index is 2.06. The summed E-state index contributed by atoms with van der Waals surface area (Å²) < 4.78 is 6.82. The zero-order valence-corrected chi connectivity index (χ0v) is 14.0. The number of hydrogen-bond donors (Lipinski definition) is 1. The molecule has 6 nitrogen and oxygen atoms in total. The van der Waals surface area contributed by atoms with Crippen molar-refractivity contribution in [1.29, 1.82) is 0 Å². The third-order valence-electron chi connectivity index (χ3n) is 3.67. The van der Waals surface area contributed by atoms with Gasteiger partial charge in [-0.2, -0.15) is 5.10 Å². The molecule has 3 heterocycles. The minimum Gasteiger partial charge on any atom is -0.465 e. The Morgan fingerprint density at radius 2 is 2.17 bits per heavy atom. The number of nitrogens with one attached hydrogen (secondary N) is 1. The molecule has 0 aromatic carbocycles. The number of pyridine rings is 1. The summed E-state index contributed by atoms with van der Waals surface area (Å²) >= 11 is 0. The summed E-state index contributed by atoms with van der Waals surface area (Å²) in [6, 6.07) is 7.56. The van der Waals surface area contributed by atoms with Gasteiger partial charge in [-0.15, -0.1) is 0 Å². The molecule has 0 amide bonds. The Hall–Kier alpha value is -2.89. The van der Waals surface area contributed by atoms with E-state index in [9.17, 15) is 4.79 Å². The third-order valence-corrected chi connectivity index (χ3v) is 3.67. The van der Waals surface area contributed by atoms with E-state index in [0.29, 0.717) is 17.2 Å². The van der Waals surface area contributed by atoms with Gasteiger partial charge in [0, 0.05) is 24.3 Å². The van der Waals surface area contributed by atoms with Crippen LogP contribution < -0.4 is 0 Å². The van der Waals surface area contributed by atoms with Crippen molar-refractivity contribution < 1.29 is 9.53 Å². The van der Waals surface area contributed by atoms with Crippen molar-refractivity contribution in [1.82, 2.24) is 19.7 Å². The molecule has 0 unspecified atom stereocenters. The molecule has 3 aromatic rings. The Labute approximate surface area is 140 Å². The lowest BCUT2D eigenvalue weighted by molar-refractivity contribution is -0.133. The number of carbonyl (C=O) groups excluding carboxylic acids is 1. The van der Waals surface area contributed by atoms with Gasteiger partial charge >= 0.3 is 5.97 Å². The molecule has 0 saturated heterocycles. The molecular formula is C18H20N4O2. The maximum atomic E-state index is 12.3. The number of H-pyrrole nitrogens is 1. The summed E-state index contributed by atoms with van der Waals surface area (Å²) in [4.78, 5) is 19.9. The minimum atomic E-state index is -0.425. The van der Waals surface area contributed by atoms with E-state index in [2.05, 4.69) is 28.9 Å². The van der Waals surface area contributed by atoms with Gasteiger partial charge in [0.15, 0.2) is 0 Å². The number of nitrogens with zero attached hydrogens (tertiary/aromatic N) is 3. The first-order valence-corrected chi connectivity index (χ1v) is 7.85. The minimum absolute atomic E-state index is 0.402. The van der Waals surface area contributed by atoms with Crippen LogP contribution in [0.1, 0.15) is 25.2 Å². The van der Waals surface area contributed by atoms with Crippen LogP contribution in [0.15, 0.2) is 36.7 Å². The normalized spacial score (nSPS) is 12.1. The van der Waals surface area contributed by atoms with E-state index in [4.69, 9.17) is 4.74 Å². The Morgan fingerprint density at radius 3 is 2.92 bits per heavy atom. The lowest BCUT2D eigenvalue weighted by Crippen LogP contribution is -2.10. The molecule has 24 heavy (non-hydrogen) atoms. The van der Waals surface area contributed by atoms with Gasteiger partial charge in [0.2, 0.25) is 0 Å². The zero-order valence-electron chi connectivity index (χ0n) is 14.0. The quantitative estimate of drug-likeness (QED) is 0.578. The van der Waals surface area contributed by atoms with Crippen molar-refractivity contribution >= 4 is 28.7 Å². The highest BCUT2D eigenvalue weighted by Crippen LogP contribution is 2.21. The fraction of sp³-hybridized carbons (Fsp3) is 0.278. The zero-order chi connectivity index (χ0) is 17.1. The first kappa shape index (κ1) is 16.0. The van der Waals surface area contributed by atoms with Gasteiger partial charge in [0.1, 0.15) is 5.65 Å². The van der Waals surface area contributed by atoms with Crippen molar-refractivity contribution in [3.8, 4) is 0 Å². The first-order valence-electron chi connectivity index (χ1n) is 7.85. The van der Waals surface area contributed by atoms with E-state index in [0.717, 1.165) is 23.3 Å². The topological polar surface area (TPSA) is 72.8 Å². The molecule has 3 aromatic heterocycles. The number of rotatable bonds is 5.